The number of benzene rings is 1. The van der Waals surface area contributed by atoms with Crippen LogP contribution in [0.15, 0.2) is 36.4 Å². The SMILES string of the molecule is O=C(O)CC=CC1CCC(C2CCC(c3ccc(F)cc3)CC2)CC1. The van der Waals surface area contributed by atoms with Gasteiger partial charge in [0.15, 0.2) is 0 Å². The summed E-state index contributed by atoms with van der Waals surface area (Å²) >= 11 is 0. The first kappa shape index (κ1) is 18.2. The van der Waals surface area contributed by atoms with Gasteiger partial charge < -0.3 is 5.11 Å². The number of aliphatic carboxylic acids is 1. The first-order chi connectivity index (χ1) is 12.1. The van der Waals surface area contributed by atoms with Gasteiger partial charge in [-0.25, -0.2) is 4.39 Å². The van der Waals surface area contributed by atoms with Crippen LogP contribution in [0.3, 0.4) is 0 Å². The molecule has 2 nitrogen and oxygen atoms in total. The van der Waals surface area contributed by atoms with Gasteiger partial charge in [-0.2, -0.15) is 0 Å². The molecule has 25 heavy (non-hydrogen) atoms. The standard InChI is InChI=1S/C22H29FO2/c23-21-14-12-20(13-15-21)19-10-8-18(9-11-19)17-6-4-16(5-7-17)2-1-3-22(24)25/h1-2,12-19H,3-11H2,(H,24,25). The number of carboxylic acids is 1. The normalized spacial score (nSPS) is 30.4. The lowest BCUT2D eigenvalue weighted by Crippen LogP contribution is -2.25. The van der Waals surface area contributed by atoms with Gasteiger partial charge in [0.2, 0.25) is 0 Å². The second-order valence-electron chi connectivity index (χ2n) is 7.86. The summed E-state index contributed by atoms with van der Waals surface area (Å²) in [6, 6.07) is 7.07. The highest BCUT2D eigenvalue weighted by Crippen LogP contribution is 2.44. The van der Waals surface area contributed by atoms with Gasteiger partial charge >= 0.3 is 5.97 Å². The Morgan fingerprint density at radius 1 is 0.960 bits per heavy atom. The second kappa shape index (κ2) is 8.64. The Bertz CT molecular complexity index is 577. The maximum absolute atomic E-state index is 13.1. The van der Waals surface area contributed by atoms with Crippen molar-refractivity contribution in [2.24, 2.45) is 17.8 Å². The smallest absolute Gasteiger partial charge is 0.307 e. The Balaban J connectivity index is 1.42. The van der Waals surface area contributed by atoms with E-state index in [0.717, 1.165) is 11.8 Å². The van der Waals surface area contributed by atoms with Gasteiger partial charge in [0.1, 0.15) is 5.82 Å². The van der Waals surface area contributed by atoms with Crippen molar-refractivity contribution in [1.82, 2.24) is 0 Å². The molecule has 1 N–H and O–H groups in total. The molecule has 0 heterocycles. The average molecular weight is 344 g/mol. The number of rotatable bonds is 5. The van der Waals surface area contributed by atoms with Crippen LogP contribution in [0, 0.1) is 23.6 Å². The molecule has 3 rings (SSSR count). The maximum atomic E-state index is 13.1. The summed E-state index contributed by atoms with van der Waals surface area (Å²) in [6.07, 6.45) is 14.1. The highest BCUT2D eigenvalue weighted by Gasteiger charge is 2.30. The number of allylic oxidation sites excluding steroid dienone is 1. The monoisotopic (exact) mass is 344 g/mol. The van der Waals surface area contributed by atoms with Gasteiger partial charge in [0.25, 0.3) is 0 Å². The fourth-order valence-electron chi connectivity index (χ4n) is 4.83. The molecule has 0 atom stereocenters. The van der Waals surface area contributed by atoms with E-state index in [1.54, 1.807) is 12.1 Å². The van der Waals surface area contributed by atoms with Crippen LogP contribution in [0.4, 0.5) is 4.39 Å². The van der Waals surface area contributed by atoms with Gasteiger partial charge in [-0.3, -0.25) is 4.79 Å². The van der Waals surface area contributed by atoms with Crippen LogP contribution in [0.1, 0.15) is 69.3 Å². The molecule has 0 amide bonds. The van der Waals surface area contributed by atoms with E-state index in [1.807, 2.05) is 18.2 Å². The van der Waals surface area contributed by atoms with E-state index in [1.165, 1.54) is 56.9 Å². The third kappa shape index (κ3) is 5.17. The molecule has 0 radical (unpaired) electrons. The van der Waals surface area contributed by atoms with Crippen molar-refractivity contribution in [2.45, 2.75) is 63.7 Å². The van der Waals surface area contributed by atoms with E-state index in [-0.39, 0.29) is 12.2 Å². The molecule has 0 saturated heterocycles. The molecule has 2 fully saturated rings. The molecule has 2 saturated carbocycles. The number of halogens is 1. The Morgan fingerprint density at radius 2 is 1.52 bits per heavy atom. The summed E-state index contributed by atoms with van der Waals surface area (Å²) in [5.74, 6) is 1.98. The molecule has 0 bridgehead atoms. The summed E-state index contributed by atoms with van der Waals surface area (Å²) in [5, 5.41) is 8.70. The average Bonchev–Trinajstić information content (AvgIpc) is 2.63. The predicted octanol–water partition coefficient (Wildman–Crippen LogP) is 5.94. The Kier molecular flexibility index (Phi) is 6.28. The van der Waals surface area contributed by atoms with Crippen LogP contribution >= 0.6 is 0 Å². The molecule has 0 spiro atoms. The minimum absolute atomic E-state index is 0.146. The molecule has 0 aromatic heterocycles. The Hall–Kier alpha value is -1.64. The fraction of sp³-hybridized carbons (Fsp3) is 0.591. The summed E-state index contributed by atoms with van der Waals surface area (Å²) in [4.78, 5) is 10.6. The third-order valence-electron chi connectivity index (χ3n) is 6.30. The molecule has 1 aromatic rings. The molecule has 1 aromatic carbocycles. The highest BCUT2D eigenvalue weighted by molar-refractivity contribution is 5.68. The van der Waals surface area contributed by atoms with Crippen LogP contribution in [0.2, 0.25) is 0 Å². The zero-order chi connectivity index (χ0) is 17.6. The van der Waals surface area contributed by atoms with Gasteiger partial charge in [-0.05, 0) is 92.7 Å². The van der Waals surface area contributed by atoms with E-state index in [9.17, 15) is 9.18 Å². The first-order valence-electron chi connectivity index (χ1n) is 9.75. The van der Waals surface area contributed by atoms with Gasteiger partial charge in [-0.15, -0.1) is 0 Å². The van der Waals surface area contributed by atoms with Crippen LogP contribution < -0.4 is 0 Å². The largest absolute Gasteiger partial charge is 0.481 e. The van der Waals surface area contributed by atoms with Crippen molar-refractivity contribution in [3.05, 3.63) is 47.8 Å². The summed E-state index contributed by atoms with van der Waals surface area (Å²) < 4.78 is 13.1. The summed E-state index contributed by atoms with van der Waals surface area (Å²) in [5.41, 5.74) is 1.30. The van der Waals surface area contributed by atoms with Crippen molar-refractivity contribution < 1.29 is 14.3 Å². The quantitative estimate of drug-likeness (QED) is 0.671. The first-order valence-corrected chi connectivity index (χ1v) is 9.75. The Labute approximate surface area is 150 Å². The lowest BCUT2D eigenvalue weighted by atomic mass is 9.68. The molecular formula is C22H29FO2. The van der Waals surface area contributed by atoms with Crippen LogP contribution in [0.25, 0.3) is 0 Å². The molecule has 2 aliphatic rings. The predicted molar refractivity (Wildman–Crippen MR) is 97.9 cm³/mol. The number of hydrogen-bond donors (Lipinski definition) is 1. The molecule has 0 unspecified atom stereocenters. The topological polar surface area (TPSA) is 37.3 Å². The number of carbonyl (C=O) groups is 1. The number of carboxylic acid groups (broad SMARTS) is 1. The maximum Gasteiger partial charge on any atom is 0.307 e. The summed E-state index contributed by atoms with van der Waals surface area (Å²) in [6.45, 7) is 0. The molecule has 2 aliphatic carbocycles. The second-order valence-corrected chi connectivity index (χ2v) is 7.86. The van der Waals surface area contributed by atoms with Crippen molar-refractivity contribution in [1.29, 1.82) is 0 Å². The van der Waals surface area contributed by atoms with E-state index in [4.69, 9.17) is 5.11 Å². The fourth-order valence-corrected chi connectivity index (χ4v) is 4.83. The van der Waals surface area contributed by atoms with Gasteiger partial charge in [0.05, 0.1) is 6.42 Å². The zero-order valence-electron chi connectivity index (χ0n) is 14.9. The molecule has 3 heteroatoms. The van der Waals surface area contributed by atoms with E-state index in [0.29, 0.717) is 11.8 Å². The molecule has 136 valence electrons. The van der Waals surface area contributed by atoms with Gasteiger partial charge in [0, 0.05) is 0 Å². The molecular weight excluding hydrogens is 315 g/mol. The highest BCUT2D eigenvalue weighted by atomic mass is 19.1. The third-order valence-corrected chi connectivity index (χ3v) is 6.30. The van der Waals surface area contributed by atoms with Gasteiger partial charge in [-0.1, -0.05) is 24.3 Å². The lowest BCUT2D eigenvalue weighted by Gasteiger charge is -2.37. The minimum atomic E-state index is -0.747. The van der Waals surface area contributed by atoms with Crippen molar-refractivity contribution in [3.8, 4) is 0 Å². The van der Waals surface area contributed by atoms with E-state index < -0.39 is 5.97 Å². The van der Waals surface area contributed by atoms with Crippen LogP contribution in [0.5, 0.6) is 0 Å². The van der Waals surface area contributed by atoms with Crippen molar-refractivity contribution in [3.63, 3.8) is 0 Å². The Morgan fingerprint density at radius 3 is 2.08 bits per heavy atom. The zero-order valence-corrected chi connectivity index (χ0v) is 14.9. The van der Waals surface area contributed by atoms with E-state index >= 15 is 0 Å². The number of hydrogen-bond acceptors (Lipinski definition) is 1. The van der Waals surface area contributed by atoms with Crippen LogP contribution in [-0.2, 0) is 4.79 Å². The molecule has 0 aliphatic heterocycles. The van der Waals surface area contributed by atoms with E-state index in [2.05, 4.69) is 6.08 Å². The minimum Gasteiger partial charge on any atom is -0.481 e. The summed E-state index contributed by atoms with van der Waals surface area (Å²) in [7, 11) is 0. The van der Waals surface area contributed by atoms with Crippen LogP contribution in [-0.4, -0.2) is 11.1 Å². The lowest BCUT2D eigenvalue weighted by molar-refractivity contribution is -0.136. The van der Waals surface area contributed by atoms with Crippen molar-refractivity contribution in [2.75, 3.05) is 0 Å². The van der Waals surface area contributed by atoms with Crippen molar-refractivity contribution >= 4 is 5.97 Å².